The zero-order valence-electron chi connectivity index (χ0n) is 11.2. The molecule has 0 aliphatic carbocycles. The van der Waals surface area contributed by atoms with Crippen LogP contribution >= 0.6 is 11.6 Å². The fourth-order valence-electron chi connectivity index (χ4n) is 2.28. The quantitative estimate of drug-likeness (QED) is 0.925. The number of carbonyl (C=O) groups excluding carboxylic acids is 1. The number of carbonyl (C=O) groups is 1. The molecule has 1 saturated heterocycles. The van der Waals surface area contributed by atoms with Gasteiger partial charge in [0.1, 0.15) is 6.04 Å². The van der Waals surface area contributed by atoms with E-state index in [4.69, 9.17) is 11.6 Å². The van der Waals surface area contributed by atoms with Gasteiger partial charge in [0.25, 0.3) is 0 Å². The van der Waals surface area contributed by atoms with Gasteiger partial charge in [0, 0.05) is 6.54 Å². The van der Waals surface area contributed by atoms with Gasteiger partial charge >= 0.3 is 0 Å². The Morgan fingerprint density at radius 1 is 1.45 bits per heavy atom. The number of anilines is 1. The molecule has 0 radical (unpaired) electrons. The highest BCUT2D eigenvalue weighted by molar-refractivity contribution is 7.89. The molecule has 110 valence electrons. The van der Waals surface area contributed by atoms with Crippen LogP contribution in [0.25, 0.3) is 0 Å². The maximum absolute atomic E-state index is 12.3. The van der Waals surface area contributed by atoms with Gasteiger partial charge in [0.15, 0.2) is 0 Å². The van der Waals surface area contributed by atoms with Crippen molar-refractivity contribution in [3.8, 4) is 0 Å². The lowest BCUT2D eigenvalue weighted by atomic mass is 10.2. The molecule has 0 aromatic heterocycles. The fraction of sp³-hybridized carbons (Fsp3) is 0.462. The second-order valence-corrected chi connectivity index (χ2v) is 7.26. The van der Waals surface area contributed by atoms with Gasteiger partial charge in [-0.15, -0.1) is 0 Å². The van der Waals surface area contributed by atoms with Crippen molar-refractivity contribution in [1.82, 2.24) is 4.31 Å². The number of amides is 1. The van der Waals surface area contributed by atoms with E-state index in [9.17, 15) is 13.2 Å². The molecule has 1 fully saturated rings. The number of hydrogen-bond acceptors (Lipinski definition) is 3. The highest BCUT2D eigenvalue weighted by atomic mass is 35.5. The van der Waals surface area contributed by atoms with Gasteiger partial charge in [0.2, 0.25) is 15.9 Å². The normalized spacial score (nSPS) is 20.0. The van der Waals surface area contributed by atoms with Crippen molar-refractivity contribution in [1.29, 1.82) is 0 Å². The Kier molecular flexibility index (Phi) is 4.67. The third-order valence-corrected chi connectivity index (χ3v) is 5.57. The van der Waals surface area contributed by atoms with E-state index in [1.54, 1.807) is 31.2 Å². The predicted octanol–water partition coefficient (Wildman–Crippen LogP) is 2.09. The molecule has 20 heavy (non-hydrogen) atoms. The molecule has 1 amide bonds. The van der Waals surface area contributed by atoms with E-state index in [2.05, 4.69) is 5.32 Å². The molecule has 1 aliphatic rings. The fourth-order valence-corrected chi connectivity index (χ4v) is 3.79. The van der Waals surface area contributed by atoms with Crippen LogP contribution in [0.5, 0.6) is 0 Å². The smallest absolute Gasteiger partial charge is 0.242 e. The molecule has 0 bridgehead atoms. The van der Waals surface area contributed by atoms with Crippen molar-refractivity contribution in [2.24, 2.45) is 0 Å². The number of rotatable bonds is 4. The van der Waals surface area contributed by atoms with Crippen molar-refractivity contribution in [3.05, 3.63) is 29.3 Å². The van der Waals surface area contributed by atoms with E-state index >= 15 is 0 Å². The lowest BCUT2D eigenvalue weighted by Crippen LogP contribution is -2.43. The minimum absolute atomic E-state index is 0.00285. The number of nitrogens with one attached hydrogen (secondary N) is 1. The highest BCUT2D eigenvalue weighted by Crippen LogP contribution is 2.25. The molecule has 0 unspecified atom stereocenters. The van der Waals surface area contributed by atoms with Gasteiger partial charge in [-0.1, -0.05) is 23.7 Å². The van der Waals surface area contributed by atoms with E-state index in [0.29, 0.717) is 30.1 Å². The first-order valence-electron chi connectivity index (χ1n) is 6.50. The molecule has 2 rings (SSSR count). The van der Waals surface area contributed by atoms with Gasteiger partial charge < -0.3 is 5.32 Å². The average Bonchev–Trinajstić information content (AvgIpc) is 2.91. The van der Waals surface area contributed by atoms with E-state index in [1.807, 2.05) is 0 Å². The van der Waals surface area contributed by atoms with Crippen LogP contribution in [-0.2, 0) is 14.8 Å². The van der Waals surface area contributed by atoms with E-state index in [1.165, 1.54) is 4.31 Å². The van der Waals surface area contributed by atoms with E-state index < -0.39 is 16.1 Å². The molecule has 1 aliphatic heterocycles. The minimum Gasteiger partial charge on any atom is -0.323 e. The van der Waals surface area contributed by atoms with Crippen LogP contribution in [0, 0.1) is 0 Å². The molecule has 1 N–H and O–H groups in total. The SMILES string of the molecule is CCS(=O)(=O)N1CCC[C@H]1C(=O)Nc1ccccc1Cl. The lowest BCUT2D eigenvalue weighted by molar-refractivity contribution is -0.119. The third-order valence-electron chi connectivity index (χ3n) is 3.36. The van der Waals surface area contributed by atoms with E-state index in [0.717, 1.165) is 0 Å². The summed E-state index contributed by atoms with van der Waals surface area (Å²) in [6.45, 7) is 1.98. The largest absolute Gasteiger partial charge is 0.323 e. The van der Waals surface area contributed by atoms with Crippen LogP contribution in [0.15, 0.2) is 24.3 Å². The maximum atomic E-state index is 12.3. The number of nitrogens with zero attached hydrogens (tertiary/aromatic N) is 1. The summed E-state index contributed by atoms with van der Waals surface area (Å²) in [6.07, 6.45) is 1.23. The van der Waals surface area contributed by atoms with E-state index in [-0.39, 0.29) is 11.7 Å². The summed E-state index contributed by atoms with van der Waals surface area (Å²) in [5, 5.41) is 3.14. The molecular weight excluding hydrogens is 300 g/mol. The molecular formula is C13H17ClN2O3S. The molecule has 0 spiro atoms. The van der Waals surface area contributed by atoms with Crippen LogP contribution in [0.1, 0.15) is 19.8 Å². The summed E-state index contributed by atoms with van der Waals surface area (Å²) < 4.78 is 25.2. The first-order valence-corrected chi connectivity index (χ1v) is 8.49. The van der Waals surface area contributed by atoms with Gasteiger partial charge in [-0.3, -0.25) is 4.79 Å². The van der Waals surface area contributed by atoms with Crippen LogP contribution < -0.4 is 5.32 Å². The predicted molar refractivity (Wildman–Crippen MR) is 79.3 cm³/mol. The molecule has 7 heteroatoms. The minimum atomic E-state index is -3.35. The van der Waals surface area contributed by atoms with Gasteiger partial charge in [-0.05, 0) is 31.9 Å². The number of sulfonamides is 1. The summed E-state index contributed by atoms with van der Waals surface area (Å²) in [5.74, 6) is -0.323. The molecule has 1 atom stereocenters. The Morgan fingerprint density at radius 3 is 2.80 bits per heavy atom. The third kappa shape index (κ3) is 3.13. The maximum Gasteiger partial charge on any atom is 0.242 e. The second kappa shape index (κ2) is 6.11. The molecule has 1 aromatic rings. The monoisotopic (exact) mass is 316 g/mol. The summed E-state index contributed by atoms with van der Waals surface area (Å²) in [5.41, 5.74) is 0.500. The lowest BCUT2D eigenvalue weighted by Gasteiger charge is -2.22. The van der Waals surface area contributed by atoms with Crippen molar-refractivity contribution in [2.45, 2.75) is 25.8 Å². The number of hydrogen-bond donors (Lipinski definition) is 1. The Morgan fingerprint density at radius 2 is 2.15 bits per heavy atom. The Bertz CT molecular complexity index is 603. The summed E-state index contributed by atoms with van der Waals surface area (Å²) in [7, 11) is -3.35. The summed E-state index contributed by atoms with van der Waals surface area (Å²) in [6, 6.07) is 6.24. The molecule has 1 heterocycles. The van der Waals surface area contributed by atoms with Crippen LogP contribution in [0.3, 0.4) is 0 Å². The molecule has 1 aromatic carbocycles. The first-order chi connectivity index (χ1) is 9.45. The molecule has 5 nitrogen and oxygen atoms in total. The first kappa shape index (κ1) is 15.3. The number of benzene rings is 1. The second-order valence-electron chi connectivity index (χ2n) is 4.64. The molecule has 0 saturated carbocycles. The van der Waals surface area contributed by atoms with Crippen LogP contribution in [0.2, 0.25) is 5.02 Å². The van der Waals surface area contributed by atoms with Crippen molar-refractivity contribution < 1.29 is 13.2 Å². The Balaban J connectivity index is 2.15. The zero-order valence-corrected chi connectivity index (χ0v) is 12.7. The van der Waals surface area contributed by atoms with Crippen LogP contribution in [-0.4, -0.2) is 37.0 Å². The Labute approximate surface area is 124 Å². The standard InChI is InChI=1S/C13H17ClN2O3S/c1-2-20(18,19)16-9-5-8-12(16)13(17)15-11-7-4-3-6-10(11)14/h3-4,6-7,12H,2,5,8-9H2,1H3,(H,15,17)/t12-/m0/s1. The Hall–Kier alpha value is -1.11. The van der Waals surface area contributed by atoms with Gasteiger partial charge in [-0.25, -0.2) is 8.42 Å². The zero-order chi connectivity index (χ0) is 14.8. The van der Waals surface area contributed by atoms with Gasteiger partial charge in [-0.2, -0.15) is 4.31 Å². The summed E-state index contributed by atoms with van der Waals surface area (Å²) in [4.78, 5) is 12.3. The van der Waals surface area contributed by atoms with Crippen molar-refractivity contribution in [2.75, 3.05) is 17.6 Å². The summed E-state index contributed by atoms with van der Waals surface area (Å²) >= 11 is 5.98. The van der Waals surface area contributed by atoms with Crippen molar-refractivity contribution in [3.63, 3.8) is 0 Å². The number of halogens is 1. The van der Waals surface area contributed by atoms with Gasteiger partial charge in [0.05, 0.1) is 16.5 Å². The van der Waals surface area contributed by atoms with Crippen molar-refractivity contribution >= 4 is 33.2 Å². The number of para-hydroxylation sites is 1. The van der Waals surface area contributed by atoms with Crippen LogP contribution in [0.4, 0.5) is 5.69 Å². The highest BCUT2D eigenvalue weighted by Gasteiger charge is 2.37. The topological polar surface area (TPSA) is 66.5 Å². The average molecular weight is 317 g/mol.